The quantitative estimate of drug-likeness (QED) is 0.879. The molecule has 0 saturated carbocycles. The van der Waals surface area contributed by atoms with E-state index in [4.69, 9.17) is 4.74 Å². The van der Waals surface area contributed by atoms with Crippen molar-refractivity contribution in [2.75, 3.05) is 37.4 Å². The Hall–Kier alpha value is -2.37. The second-order valence-electron chi connectivity index (χ2n) is 6.43. The molecule has 1 heterocycles. The van der Waals surface area contributed by atoms with E-state index in [1.54, 1.807) is 0 Å². The highest BCUT2D eigenvalue weighted by atomic mass is 16.5. The smallest absolute Gasteiger partial charge is 0.254 e. The molecular weight excluding hydrogens is 314 g/mol. The molecule has 5 nitrogen and oxygen atoms in total. The highest BCUT2D eigenvalue weighted by Crippen LogP contribution is 2.26. The van der Waals surface area contributed by atoms with Gasteiger partial charge in [0.2, 0.25) is 0 Å². The molecule has 2 atom stereocenters. The van der Waals surface area contributed by atoms with Crippen molar-refractivity contribution in [1.82, 2.24) is 4.90 Å². The molecule has 1 fully saturated rings. The van der Waals surface area contributed by atoms with Crippen molar-refractivity contribution >= 4 is 17.3 Å². The molecular formula is C20H25N3O2. The fourth-order valence-corrected chi connectivity index (χ4v) is 2.93. The first-order valence-electron chi connectivity index (χ1n) is 8.65. The van der Waals surface area contributed by atoms with Gasteiger partial charge in [0, 0.05) is 19.1 Å². The number of benzene rings is 2. The molecule has 1 saturated heterocycles. The summed E-state index contributed by atoms with van der Waals surface area (Å²) in [6.07, 6.45) is -0.432. The summed E-state index contributed by atoms with van der Waals surface area (Å²) in [5.41, 5.74) is 2.87. The van der Waals surface area contributed by atoms with Crippen LogP contribution in [0.25, 0.3) is 0 Å². The number of likely N-dealkylation sites (N-methyl/N-ethyl adjacent to an activating group) is 1. The van der Waals surface area contributed by atoms with Gasteiger partial charge in [-0.1, -0.05) is 42.5 Å². The van der Waals surface area contributed by atoms with Gasteiger partial charge in [0.1, 0.15) is 6.10 Å². The van der Waals surface area contributed by atoms with E-state index in [0.717, 1.165) is 17.9 Å². The number of nitrogens with zero attached hydrogens (tertiary/aromatic N) is 1. The SMILES string of the molecule is C[C@H](Nc1ccccc1NC(=O)[C@H]1CN(C)CCO1)c1ccccc1. The lowest BCUT2D eigenvalue weighted by atomic mass is 10.1. The summed E-state index contributed by atoms with van der Waals surface area (Å²) in [6, 6.07) is 18.1. The van der Waals surface area contributed by atoms with Crippen molar-refractivity contribution in [2.45, 2.75) is 19.1 Å². The highest BCUT2D eigenvalue weighted by molar-refractivity contribution is 5.97. The van der Waals surface area contributed by atoms with Crippen LogP contribution in [0.4, 0.5) is 11.4 Å². The third kappa shape index (κ3) is 4.59. The Labute approximate surface area is 149 Å². The molecule has 0 aromatic heterocycles. The lowest BCUT2D eigenvalue weighted by Crippen LogP contribution is -2.46. The van der Waals surface area contributed by atoms with Gasteiger partial charge in [0.15, 0.2) is 0 Å². The molecule has 0 unspecified atom stereocenters. The van der Waals surface area contributed by atoms with Gasteiger partial charge in [-0.3, -0.25) is 4.79 Å². The zero-order valence-corrected chi connectivity index (χ0v) is 14.7. The van der Waals surface area contributed by atoms with E-state index >= 15 is 0 Å². The van der Waals surface area contributed by atoms with E-state index in [1.165, 1.54) is 5.56 Å². The second kappa shape index (κ2) is 8.14. The first-order valence-corrected chi connectivity index (χ1v) is 8.65. The number of hydrogen-bond donors (Lipinski definition) is 2. The molecule has 0 spiro atoms. The van der Waals surface area contributed by atoms with Crippen LogP contribution in [0.2, 0.25) is 0 Å². The van der Waals surface area contributed by atoms with Crippen molar-refractivity contribution in [3.63, 3.8) is 0 Å². The normalized spacial score (nSPS) is 19.2. The lowest BCUT2D eigenvalue weighted by Gasteiger charge is -2.29. The first kappa shape index (κ1) is 17.5. The van der Waals surface area contributed by atoms with Crippen molar-refractivity contribution in [1.29, 1.82) is 0 Å². The maximum atomic E-state index is 12.5. The predicted molar refractivity (Wildman–Crippen MR) is 101 cm³/mol. The monoisotopic (exact) mass is 339 g/mol. The maximum Gasteiger partial charge on any atom is 0.254 e. The molecule has 2 aromatic rings. The third-order valence-electron chi connectivity index (χ3n) is 4.42. The fourth-order valence-electron chi connectivity index (χ4n) is 2.93. The van der Waals surface area contributed by atoms with Gasteiger partial charge < -0.3 is 20.3 Å². The number of carbonyl (C=O) groups is 1. The summed E-state index contributed by atoms with van der Waals surface area (Å²) in [6.45, 7) is 4.16. The molecule has 5 heteroatoms. The van der Waals surface area contributed by atoms with Crippen LogP contribution in [-0.4, -0.2) is 43.7 Å². The van der Waals surface area contributed by atoms with E-state index in [0.29, 0.717) is 13.2 Å². The van der Waals surface area contributed by atoms with Crippen molar-refractivity contribution in [3.05, 3.63) is 60.2 Å². The summed E-state index contributed by atoms with van der Waals surface area (Å²) in [5.74, 6) is -0.104. The van der Waals surface area contributed by atoms with Crippen LogP contribution in [0.5, 0.6) is 0 Å². The minimum absolute atomic E-state index is 0.104. The average Bonchev–Trinajstić information content (AvgIpc) is 2.64. The molecule has 1 amide bonds. The number of carbonyl (C=O) groups excluding carboxylic acids is 1. The van der Waals surface area contributed by atoms with E-state index < -0.39 is 6.10 Å². The van der Waals surface area contributed by atoms with Crippen LogP contribution < -0.4 is 10.6 Å². The third-order valence-corrected chi connectivity index (χ3v) is 4.42. The van der Waals surface area contributed by atoms with E-state index in [9.17, 15) is 4.79 Å². The van der Waals surface area contributed by atoms with Crippen LogP contribution in [0.1, 0.15) is 18.5 Å². The number of anilines is 2. The van der Waals surface area contributed by atoms with Crippen molar-refractivity contribution in [2.24, 2.45) is 0 Å². The van der Waals surface area contributed by atoms with Crippen LogP contribution >= 0.6 is 0 Å². The Morgan fingerprint density at radius 3 is 2.52 bits per heavy atom. The summed E-state index contributed by atoms with van der Waals surface area (Å²) in [4.78, 5) is 14.6. The number of nitrogens with one attached hydrogen (secondary N) is 2. The number of hydrogen-bond acceptors (Lipinski definition) is 4. The van der Waals surface area contributed by atoms with Crippen LogP contribution in [0.15, 0.2) is 54.6 Å². The number of para-hydroxylation sites is 2. The Morgan fingerprint density at radius 1 is 1.12 bits per heavy atom. The number of amides is 1. The average molecular weight is 339 g/mol. The maximum absolute atomic E-state index is 12.5. The molecule has 1 aliphatic rings. The predicted octanol–water partition coefficient (Wildman–Crippen LogP) is 3.13. The molecule has 25 heavy (non-hydrogen) atoms. The number of morpholine rings is 1. The molecule has 0 aliphatic carbocycles. The standard InChI is InChI=1S/C20H25N3O2/c1-15(16-8-4-3-5-9-16)21-17-10-6-7-11-18(17)22-20(24)19-14-23(2)12-13-25-19/h3-11,15,19,21H,12-14H2,1-2H3,(H,22,24)/t15-,19+/m0/s1. The molecule has 2 N–H and O–H groups in total. The summed E-state index contributed by atoms with van der Waals surface area (Å²) in [7, 11) is 2.00. The van der Waals surface area contributed by atoms with E-state index in [2.05, 4.69) is 34.6 Å². The van der Waals surface area contributed by atoms with E-state index in [-0.39, 0.29) is 11.9 Å². The van der Waals surface area contributed by atoms with Gasteiger partial charge in [-0.15, -0.1) is 0 Å². The molecule has 132 valence electrons. The second-order valence-corrected chi connectivity index (χ2v) is 6.43. The Bertz CT molecular complexity index is 705. The minimum Gasteiger partial charge on any atom is -0.377 e. The van der Waals surface area contributed by atoms with Crippen LogP contribution in [-0.2, 0) is 9.53 Å². The van der Waals surface area contributed by atoms with Crippen LogP contribution in [0.3, 0.4) is 0 Å². The Balaban J connectivity index is 1.69. The zero-order valence-electron chi connectivity index (χ0n) is 14.7. The van der Waals surface area contributed by atoms with Crippen molar-refractivity contribution in [3.8, 4) is 0 Å². The summed E-state index contributed by atoms with van der Waals surface area (Å²) < 4.78 is 5.60. The molecule has 1 aliphatic heterocycles. The lowest BCUT2D eigenvalue weighted by molar-refractivity contribution is -0.132. The number of ether oxygens (including phenoxy) is 1. The van der Waals surface area contributed by atoms with Gasteiger partial charge >= 0.3 is 0 Å². The summed E-state index contributed by atoms with van der Waals surface area (Å²) >= 11 is 0. The molecule has 3 rings (SSSR count). The first-order chi connectivity index (χ1) is 12.1. The van der Waals surface area contributed by atoms with Gasteiger partial charge in [-0.2, -0.15) is 0 Å². The molecule has 0 radical (unpaired) electrons. The minimum atomic E-state index is -0.432. The van der Waals surface area contributed by atoms with Crippen molar-refractivity contribution < 1.29 is 9.53 Å². The topological polar surface area (TPSA) is 53.6 Å². The number of rotatable bonds is 5. The van der Waals surface area contributed by atoms with Gasteiger partial charge in [-0.25, -0.2) is 0 Å². The van der Waals surface area contributed by atoms with Gasteiger partial charge in [0.25, 0.3) is 5.91 Å². The highest BCUT2D eigenvalue weighted by Gasteiger charge is 2.25. The van der Waals surface area contributed by atoms with E-state index in [1.807, 2.05) is 49.5 Å². The molecule has 2 aromatic carbocycles. The fraction of sp³-hybridized carbons (Fsp3) is 0.350. The zero-order chi connectivity index (χ0) is 17.6. The van der Waals surface area contributed by atoms with Gasteiger partial charge in [0.05, 0.1) is 18.0 Å². The summed E-state index contributed by atoms with van der Waals surface area (Å²) in [5, 5.41) is 6.48. The Morgan fingerprint density at radius 2 is 1.80 bits per heavy atom. The Kier molecular flexibility index (Phi) is 5.68. The largest absolute Gasteiger partial charge is 0.377 e. The van der Waals surface area contributed by atoms with Gasteiger partial charge in [-0.05, 0) is 31.7 Å². The van der Waals surface area contributed by atoms with Crippen LogP contribution in [0, 0.1) is 0 Å². The molecule has 0 bridgehead atoms.